The Balaban J connectivity index is 1.47. The van der Waals surface area contributed by atoms with Crippen molar-refractivity contribution in [2.24, 2.45) is 11.8 Å². The molecule has 0 spiro atoms. The highest BCUT2D eigenvalue weighted by Gasteiger charge is 2.35. The topological polar surface area (TPSA) is 82.6 Å². The van der Waals surface area contributed by atoms with Crippen LogP contribution in [0.4, 0.5) is 11.5 Å². The molecule has 2 aromatic rings. The Labute approximate surface area is 182 Å². The average molecular weight is 421 g/mol. The third-order valence-electron chi connectivity index (χ3n) is 5.97. The van der Waals surface area contributed by atoms with Gasteiger partial charge >= 0.3 is 0 Å². The van der Waals surface area contributed by atoms with Gasteiger partial charge in [0.15, 0.2) is 0 Å². The maximum absolute atomic E-state index is 13.3. The van der Waals surface area contributed by atoms with Crippen LogP contribution in [0.15, 0.2) is 42.5 Å². The SMILES string of the molecule is Cc1cccc(NC(=O)C2CCCN(C(=O)c3ccccc3N(C)C(=O)C3CC3)C2)n1. The smallest absolute Gasteiger partial charge is 0.255 e. The first-order valence-corrected chi connectivity index (χ1v) is 10.8. The van der Waals surface area contributed by atoms with E-state index in [0.717, 1.165) is 31.4 Å². The lowest BCUT2D eigenvalue weighted by Crippen LogP contribution is -2.44. The van der Waals surface area contributed by atoms with E-state index in [1.165, 1.54) is 0 Å². The zero-order chi connectivity index (χ0) is 22.0. The number of aryl methyl sites for hydroxylation is 1. The molecular formula is C24H28N4O3. The highest BCUT2D eigenvalue weighted by atomic mass is 16.2. The second-order valence-electron chi connectivity index (χ2n) is 8.43. The molecule has 1 aliphatic carbocycles. The molecule has 1 aliphatic heterocycles. The summed E-state index contributed by atoms with van der Waals surface area (Å²) < 4.78 is 0. The number of carbonyl (C=O) groups is 3. The minimum atomic E-state index is -0.294. The minimum absolute atomic E-state index is 0.0572. The minimum Gasteiger partial charge on any atom is -0.338 e. The number of benzene rings is 1. The van der Waals surface area contributed by atoms with Crippen LogP contribution in [0, 0.1) is 18.8 Å². The Kier molecular flexibility index (Phi) is 6.02. The zero-order valence-electron chi connectivity index (χ0n) is 18.0. The molecule has 4 rings (SSSR count). The molecule has 0 radical (unpaired) electrons. The number of hydrogen-bond acceptors (Lipinski definition) is 4. The standard InChI is InChI=1S/C24H28N4O3/c1-16-7-5-11-21(25-16)26-22(29)18-8-6-14-28(15-18)24(31)19-9-3-4-10-20(19)27(2)23(30)17-12-13-17/h3-5,7,9-11,17-18H,6,8,12-15H2,1-2H3,(H,25,26,29). The quantitative estimate of drug-likeness (QED) is 0.805. The summed E-state index contributed by atoms with van der Waals surface area (Å²) in [5.74, 6) is 0.104. The van der Waals surface area contributed by atoms with Crippen molar-refractivity contribution in [1.82, 2.24) is 9.88 Å². The van der Waals surface area contributed by atoms with Crippen LogP contribution in [0.3, 0.4) is 0 Å². The van der Waals surface area contributed by atoms with Gasteiger partial charge in [-0.25, -0.2) is 4.98 Å². The van der Waals surface area contributed by atoms with Crippen LogP contribution in [0.2, 0.25) is 0 Å². The van der Waals surface area contributed by atoms with Gasteiger partial charge in [-0.3, -0.25) is 14.4 Å². The molecule has 3 amide bonds. The van der Waals surface area contributed by atoms with Crippen molar-refractivity contribution < 1.29 is 14.4 Å². The van der Waals surface area contributed by atoms with E-state index in [4.69, 9.17) is 0 Å². The summed E-state index contributed by atoms with van der Waals surface area (Å²) in [5.41, 5.74) is 1.96. The van der Waals surface area contributed by atoms with E-state index in [1.54, 1.807) is 29.0 Å². The van der Waals surface area contributed by atoms with Crippen LogP contribution in [-0.4, -0.2) is 47.7 Å². The van der Waals surface area contributed by atoms with Gasteiger partial charge in [0.2, 0.25) is 11.8 Å². The van der Waals surface area contributed by atoms with Crippen LogP contribution in [0.5, 0.6) is 0 Å². The van der Waals surface area contributed by atoms with Gasteiger partial charge in [-0.1, -0.05) is 18.2 Å². The summed E-state index contributed by atoms with van der Waals surface area (Å²) in [6.45, 7) is 2.82. The molecule has 0 bridgehead atoms. The van der Waals surface area contributed by atoms with E-state index in [0.29, 0.717) is 30.2 Å². The molecule has 1 N–H and O–H groups in total. The van der Waals surface area contributed by atoms with Gasteiger partial charge in [0.1, 0.15) is 5.82 Å². The van der Waals surface area contributed by atoms with Gasteiger partial charge in [-0.15, -0.1) is 0 Å². The van der Waals surface area contributed by atoms with Gasteiger partial charge in [0.25, 0.3) is 5.91 Å². The van der Waals surface area contributed by atoms with Gasteiger partial charge in [0, 0.05) is 31.7 Å². The molecule has 1 unspecified atom stereocenters. The fourth-order valence-electron chi connectivity index (χ4n) is 4.06. The maximum Gasteiger partial charge on any atom is 0.255 e. The Hall–Kier alpha value is -3.22. The van der Waals surface area contributed by atoms with Crippen LogP contribution < -0.4 is 10.2 Å². The summed E-state index contributed by atoms with van der Waals surface area (Å²) in [5, 5.41) is 2.87. The second-order valence-corrected chi connectivity index (χ2v) is 8.43. The van der Waals surface area contributed by atoms with E-state index in [2.05, 4.69) is 10.3 Å². The number of anilines is 2. The van der Waals surface area contributed by atoms with Crippen LogP contribution in [0.25, 0.3) is 0 Å². The highest BCUT2D eigenvalue weighted by Crippen LogP contribution is 2.33. The first-order chi connectivity index (χ1) is 14.9. The Morgan fingerprint density at radius 1 is 1.03 bits per heavy atom. The van der Waals surface area contributed by atoms with Crippen molar-refractivity contribution in [3.63, 3.8) is 0 Å². The van der Waals surface area contributed by atoms with E-state index in [1.807, 2.05) is 37.3 Å². The fraction of sp³-hybridized carbons (Fsp3) is 0.417. The predicted octanol–water partition coefficient (Wildman–Crippen LogP) is 3.25. The van der Waals surface area contributed by atoms with Gasteiger partial charge in [0.05, 0.1) is 17.2 Å². The lowest BCUT2D eigenvalue weighted by atomic mass is 9.96. The van der Waals surface area contributed by atoms with E-state index >= 15 is 0 Å². The molecule has 2 heterocycles. The number of carbonyl (C=O) groups excluding carboxylic acids is 3. The summed E-state index contributed by atoms with van der Waals surface area (Å²) in [6, 6.07) is 12.7. The number of likely N-dealkylation sites (tertiary alicyclic amines) is 1. The van der Waals surface area contributed by atoms with Crippen LogP contribution in [0.1, 0.15) is 41.7 Å². The van der Waals surface area contributed by atoms with Crippen LogP contribution in [-0.2, 0) is 9.59 Å². The third kappa shape index (κ3) is 4.76. The molecule has 1 saturated carbocycles. The first-order valence-electron chi connectivity index (χ1n) is 10.8. The number of hydrogen-bond donors (Lipinski definition) is 1. The summed E-state index contributed by atoms with van der Waals surface area (Å²) in [6.07, 6.45) is 3.31. The van der Waals surface area contributed by atoms with E-state index in [-0.39, 0.29) is 29.6 Å². The molecule has 7 heteroatoms. The number of nitrogens with zero attached hydrogens (tertiary/aromatic N) is 3. The lowest BCUT2D eigenvalue weighted by Gasteiger charge is -2.33. The van der Waals surface area contributed by atoms with Crippen molar-refractivity contribution in [2.75, 3.05) is 30.4 Å². The molecule has 7 nitrogen and oxygen atoms in total. The number of nitrogens with one attached hydrogen (secondary N) is 1. The zero-order valence-corrected chi connectivity index (χ0v) is 18.0. The Morgan fingerprint density at radius 2 is 1.81 bits per heavy atom. The molecule has 162 valence electrons. The predicted molar refractivity (Wildman–Crippen MR) is 119 cm³/mol. The molecule has 31 heavy (non-hydrogen) atoms. The average Bonchev–Trinajstić information content (AvgIpc) is 3.63. The summed E-state index contributed by atoms with van der Waals surface area (Å²) in [4.78, 5) is 46.3. The summed E-state index contributed by atoms with van der Waals surface area (Å²) >= 11 is 0. The van der Waals surface area contributed by atoms with Crippen LogP contribution >= 0.6 is 0 Å². The lowest BCUT2D eigenvalue weighted by molar-refractivity contribution is -0.121. The maximum atomic E-state index is 13.3. The molecule has 2 aliphatic rings. The summed E-state index contributed by atoms with van der Waals surface area (Å²) in [7, 11) is 1.73. The van der Waals surface area contributed by atoms with E-state index in [9.17, 15) is 14.4 Å². The Morgan fingerprint density at radius 3 is 2.55 bits per heavy atom. The van der Waals surface area contributed by atoms with Gasteiger partial charge in [-0.05, 0) is 56.9 Å². The van der Waals surface area contributed by atoms with Crippen molar-refractivity contribution >= 4 is 29.2 Å². The molecule has 1 aromatic heterocycles. The Bertz CT molecular complexity index is 1000. The number of aromatic nitrogens is 1. The third-order valence-corrected chi connectivity index (χ3v) is 5.97. The second kappa shape index (κ2) is 8.88. The molecule has 1 aromatic carbocycles. The highest BCUT2D eigenvalue weighted by molar-refractivity contribution is 6.05. The molecule has 1 atom stereocenters. The molecular weight excluding hydrogens is 392 g/mol. The molecule has 1 saturated heterocycles. The van der Waals surface area contributed by atoms with Crippen molar-refractivity contribution in [2.45, 2.75) is 32.6 Å². The number of para-hydroxylation sites is 1. The largest absolute Gasteiger partial charge is 0.338 e. The molecule has 2 fully saturated rings. The van der Waals surface area contributed by atoms with Gasteiger partial charge < -0.3 is 15.1 Å². The number of piperidine rings is 1. The van der Waals surface area contributed by atoms with Crippen molar-refractivity contribution in [1.29, 1.82) is 0 Å². The van der Waals surface area contributed by atoms with Crippen molar-refractivity contribution in [3.8, 4) is 0 Å². The van der Waals surface area contributed by atoms with Gasteiger partial charge in [-0.2, -0.15) is 0 Å². The number of pyridine rings is 1. The van der Waals surface area contributed by atoms with E-state index < -0.39 is 0 Å². The normalized spacial score (nSPS) is 18.4. The van der Waals surface area contributed by atoms with Crippen molar-refractivity contribution in [3.05, 3.63) is 53.7 Å². The fourth-order valence-corrected chi connectivity index (χ4v) is 4.06. The monoisotopic (exact) mass is 420 g/mol. The number of rotatable bonds is 5. The number of amides is 3. The first kappa shape index (κ1) is 21.0.